The van der Waals surface area contributed by atoms with E-state index in [4.69, 9.17) is 11.6 Å². The van der Waals surface area contributed by atoms with Crippen LogP contribution >= 0.6 is 11.6 Å². The lowest BCUT2D eigenvalue weighted by Crippen LogP contribution is -2.08. The number of rotatable bonds is 4. The second-order valence-electron chi connectivity index (χ2n) is 5.17. The zero-order valence-electron chi connectivity index (χ0n) is 12.8. The second-order valence-corrected chi connectivity index (χ2v) is 5.58. The van der Waals surface area contributed by atoms with Crippen LogP contribution in [0.2, 0.25) is 5.02 Å². The highest BCUT2D eigenvalue weighted by molar-refractivity contribution is 6.32. The van der Waals surface area contributed by atoms with Gasteiger partial charge in [-0.3, -0.25) is 19.9 Å². The third kappa shape index (κ3) is 3.81. The van der Waals surface area contributed by atoms with E-state index in [-0.39, 0.29) is 16.6 Å². The number of para-hydroxylation sites is 1. The van der Waals surface area contributed by atoms with Gasteiger partial charge in [-0.25, -0.2) is 0 Å². The summed E-state index contributed by atoms with van der Waals surface area (Å²) in [5.74, 6) is -0.365. The molecule has 0 fully saturated rings. The first-order valence-electron chi connectivity index (χ1n) is 7.31. The summed E-state index contributed by atoms with van der Waals surface area (Å²) in [5, 5.41) is 14.6. The molecule has 0 aliphatic rings. The van der Waals surface area contributed by atoms with Crippen LogP contribution in [0, 0.1) is 10.1 Å². The van der Waals surface area contributed by atoms with Gasteiger partial charge in [-0.05, 0) is 29.8 Å². The van der Waals surface area contributed by atoms with Crippen LogP contribution in [0.4, 0.5) is 11.4 Å². The van der Waals surface area contributed by atoms with Crippen LogP contribution in [0.3, 0.4) is 0 Å². The minimum atomic E-state index is -0.568. The monoisotopic (exact) mass is 353 g/mol. The Kier molecular flexibility index (Phi) is 4.72. The number of carbonyl (C=O) groups excluding carboxylic acids is 1. The number of hydrogen-bond acceptors (Lipinski definition) is 4. The highest BCUT2D eigenvalue weighted by Gasteiger charge is 2.11. The van der Waals surface area contributed by atoms with Crippen molar-refractivity contribution in [3.63, 3.8) is 0 Å². The number of anilines is 1. The molecular weight excluding hydrogens is 342 g/mol. The summed E-state index contributed by atoms with van der Waals surface area (Å²) in [6.07, 6.45) is 4.44. The van der Waals surface area contributed by atoms with Crippen molar-refractivity contribution in [2.75, 3.05) is 5.32 Å². The van der Waals surface area contributed by atoms with Crippen LogP contribution in [0.5, 0.6) is 0 Å². The molecule has 3 aromatic rings. The summed E-state index contributed by atoms with van der Waals surface area (Å²) in [5.41, 5.74) is 1.58. The van der Waals surface area contributed by atoms with E-state index < -0.39 is 4.92 Å². The van der Waals surface area contributed by atoms with E-state index in [9.17, 15) is 14.9 Å². The molecule has 1 heterocycles. The summed E-state index contributed by atoms with van der Waals surface area (Å²) in [7, 11) is 0. The number of aromatic nitrogens is 1. The van der Waals surface area contributed by atoms with Gasteiger partial charge in [-0.1, -0.05) is 35.9 Å². The van der Waals surface area contributed by atoms with Crippen LogP contribution in [-0.4, -0.2) is 15.8 Å². The van der Waals surface area contributed by atoms with E-state index in [0.717, 1.165) is 5.39 Å². The Morgan fingerprint density at radius 3 is 2.80 bits per heavy atom. The number of hydrogen-bond donors (Lipinski definition) is 1. The summed E-state index contributed by atoms with van der Waals surface area (Å²) >= 11 is 5.76. The Hall–Kier alpha value is -3.25. The van der Waals surface area contributed by atoms with Gasteiger partial charge in [0, 0.05) is 23.7 Å². The first-order valence-corrected chi connectivity index (χ1v) is 7.69. The Morgan fingerprint density at radius 1 is 1.20 bits per heavy atom. The van der Waals surface area contributed by atoms with Crippen molar-refractivity contribution in [1.29, 1.82) is 0 Å². The van der Waals surface area contributed by atoms with Gasteiger partial charge in [0.15, 0.2) is 0 Å². The molecule has 25 heavy (non-hydrogen) atoms. The predicted octanol–water partition coefficient (Wildman–Crippen LogP) is 4.45. The smallest absolute Gasteiger partial charge is 0.288 e. The first-order chi connectivity index (χ1) is 12.0. The highest BCUT2D eigenvalue weighted by atomic mass is 35.5. The van der Waals surface area contributed by atoms with Crippen molar-refractivity contribution in [2.45, 2.75) is 0 Å². The average Bonchev–Trinajstić information content (AvgIpc) is 2.61. The SMILES string of the molecule is O=C(C=Cc1ccc(Cl)c([N+](=O)[O-])c1)Nc1cccc2cccnc12. The lowest BCUT2D eigenvalue weighted by atomic mass is 10.1. The van der Waals surface area contributed by atoms with Gasteiger partial charge in [0.25, 0.3) is 5.69 Å². The maximum absolute atomic E-state index is 12.1. The molecule has 1 N–H and O–H groups in total. The van der Waals surface area contributed by atoms with Gasteiger partial charge in [-0.15, -0.1) is 0 Å². The van der Waals surface area contributed by atoms with Crippen LogP contribution in [0.25, 0.3) is 17.0 Å². The number of nitro groups is 1. The van der Waals surface area contributed by atoms with E-state index in [0.29, 0.717) is 16.8 Å². The average molecular weight is 354 g/mol. The highest BCUT2D eigenvalue weighted by Crippen LogP contribution is 2.25. The van der Waals surface area contributed by atoms with Crippen LogP contribution in [0.15, 0.2) is 60.8 Å². The van der Waals surface area contributed by atoms with Gasteiger partial charge in [0.05, 0.1) is 16.1 Å². The third-order valence-corrected chi connectivity index (χ3v) is 3.80. The molecule has 0 aliphatic heterocycles. The number of carbonyl (C=O) groups is 1. The first kappa shape index (κ1) is 16.6. The number of nitrogens with one attached hydrogen (secondary N) is 1. The van der Waals surface area contributed by atoms with E-state index >= 15 is 0 Å². The second kappa shape index (κ2) is 7.11. The van der Waals surface area contributed by atoms with Crippen LogP contribution in [0.1, 0.15) is 5.56 Å². The topological polar surface area (TPSA) is 85.1 Å². The lowest BCUT2D eigenvalue weighted by Gasteiger charge is -2.05. The number of pyridine rings is 1. The largest absolute Gasteiger partial charge is 0.321 e. The third-order valence-electron chi connectivity index (χ3n) is 3.48. The zero-order chi connectivity index (χ0) is 17.8. The molecule has 1 amide bonds. The van der Waals surface area contributed by atoms with Gasteiger partial charge < -0.3 is 5.32 Å². The van der Waals surface area contributed by atoms with Crippen molar-refractivity contribution in [1.82, 2.24) is 4.98 Å². The molecule has 0 spiro atoms. The van der Waals surface area contributed by atoms with Gasteiger partial charge in [0.2, 0.25) is 5.91 Å². The van der Waals surface area contributed by atoms with Gasteiger partial charge in [-0.2, -0.15) is 0 Å². The lowest BCUT2D eigenvalue weighted by molar-refractivity contribution is -0.384. The Bertz CT molecular complexity index is 997. The molecule has 6 nitrogen and oxygen atoms in total. The fourth-order valence-electron chi connectivity index (χ4n) is 2.32. The van der Waals surface area contributed by atoms with Crippen molar-refractivity contribution in [2.24, 2.45) is 0 Å². The van der Waals surface area contributed by atoms with Crippen molar-refractivity contribution in [3.8, 4) is 0 Å². The minimum absolute atomic E-state index is 0.0495. The molecule has 0 aliphatic carbocycles. The normalized spacial score (nSPS) is 10.9. The molecule has 3 rings (SSSR count). The van der Waals surface area contributed by atoms with E-state index in [1.165, 1.54) is 24.3 Å². The molecule has 124 valence electrons. The molecule has 0 bridgehead atoms. The summed E-state index contributed by atoms with van der Waals surface area (Å²) in [6.45, 7) is 0. The number of halogens is 1. The van der Waals surface area contributed by atoms with Gasteiger partial charge >= 0.3 is 0 Å². The molecule has 0 atom stereocenters. The maximum Gasteiger partial charge on any atom is 0.288 e. The zero-order valence-corrected chi connectivity index (χ0v) is 13.6. The van der Waals surface area contributed by atoms with Crippen LogP contribution < -0.4 is 5.32 Å². The molecule has 0 unspecified atom stereocenters. The van der Waals surface area contributed by atoms with Crippen LogP contribution in [-0.2, 0) is 4.79 Å². The summed E-state index contributed by atoms with van der Waals surface area (Å²) in [4.78, 5) is 26.7. The molecule has 1 aromatic heterocycles. The number of nitrogens with zero attached hydrogens (tertiary/aromatic N) is 2. The Balaban J connectivity index is 1.79. The van der Waals surface area contributed by atoms with Gasteiger partial charge in [0.1, 0.15) is 5.02 Å². The predicted molar refractivity (Wildman–Crippen MR) is 97.5 cm³/mol. The molecule has 7 heteroatoms. The standard InChI is InChI=1S/C18H12ClN3O3/c19-14-8-6-12(11-16(14)22(24)25)7-9-17(23)21-15-5-1-3-13-4-2-10-20-18(13)15/h1-11H,(H,21,23). The Labute approximate surface area is 147 Å². The van der Waals surface area contributed by atoms with Crippen molar-refractivity contribution < 1.29 is 9.72 Å². The number of nitro benzene ring substituents is 1. The number of benzene rings is 2. The van der Waals surface area contributed by atoms with E-state index in [1.54, 1.807) is 18.3 Å². The molecule has 0 saturated carbocycles. The quantitative estimate of drug-likeness (QED) is 0.426. The molecule has 0 radical (unpaired) electrons. The number of amides is 1. The fraction of sp³-hybridized carbons (Fsp3) is 0. The van der Waals surface area contributed by atoms with Crippen molar-refractivity contribution >= 4 is 45.9 Å². The summed E-state index contributed by atoms with van der Waals surface area (Å²) in [6, 6.07) is 13.5. The Morgan fingerprint density at radius 2 is 2.00 bits per heavy atom. The summed E-state index contributed by atoms with van der Waals surface area (Å²) < 4.78 is 0. The van der Waals surface area contributed by atoms with Crippen molar-refractivity contribution in [3.05, 3.63) is 81.5 Å². The van der Waals surface area contributed by atoms with E-state index in [1.807, 2.05) is 24.3 Å². The van der Waals surface area contributed by atoms with E-state index in [2.05, 4.69) is 10.3 Å². The molecule has 0 saturated heterocycles. The minimum Gasteiger partial charge on any atom is -0.321 e. The number of fused-ring (bicyclic) bond motifs is 1. The molecule has 2 aromatic carbocycles. The fourth-order valence-corrected chi connectivity index (χ4v) is 2.51. The molecular formula is C18H12ClN3O3. The maximum atomic E-state index is 12.1.